The lowest BCUT2D eigenvalue weighted by Gasteiger charge is -1.39. The van der Waals surface area contributed by atoms with Crippen molar-refractivity contribution in [2.45, 2.75) is 0 Å². The third kappa shape index (κ3) is 4.22. The van der Waals surface area contributed by atoms with Gasteiger partial charge in [-0.15, -0.1) is 0 Å². The summed E-state index contributed by atoms with van der Waals surface area (Å²) in [5.74, 6) is 2.83. The summed E-state index contributed by atoms with van der Waals surface area (Å²) in [4.78, 5) is 0. The Balaban J connectivity index is 0.0000000907. The molecule has 2 rings (SSSR count). The van der Waals surface area contributed by atoms with E-state index in [9.17, 15) is 0 Å². The van der Waals surface area contributed by atoms with E-state index in [1.54, 1.807) is 11.3 Å². The number of hydrogen-bond donors (Lipinski definition) is 0. The molecule has 1 saturated heterocycles. The van der Waals surface area contributed by atoms with Gasteiger partial charge in [-0.05, 0) is 10.8 Å². The topological polar surface area (TPSA) is 0 Å². The maximum absolute atomic E-state index is 2.04. The van der Waals surface area contributed by atoms with E-state index in [2.05, 4.69) is 0 Å². The molecule has 0 amide bonds. The van der Waals surface area contributed by atoms with Gasteiger partial charge in [-0.1, -0.05) is 12.1 Å². The molecule has 0 nitrogen and oxygen atoms in total. The molecule has 0 aliphatic carbocycles. The Bertz CT molecular complexity index is 90.1. The maximum Gasteiger partial charge on any atom is 0.00238 e. The number of thiophene rings is 1. The Kier molecular flexibility index (Phi) is 3.07. The quantitative estimate of drug-likeness (QED) is 0.504. The van der Waals surface area contributed by atoms with Crippen LogP contribution < -0.4 is 0 Å². The summed E-state index contributed by atoms with van der Waals surface area (Å²) in [7, 11) is 0. The molecule has 0 atom stereocenters. The Morgan fingerprint density at radius 3 is 1.62 bits per heavy atom. The lowest BCUT2D eigenvalue weighted by Crippen LogP contribution is -1.20. The molecule has 0 unspecified atom stereocenters. The predicted molar refractivity (Wildman–Crippen MR) is 41.6 cm³/mol. The van der Waals surface area contributed by atoms with Gasteiger partial charge < -0.3 is 0 Å². The highest BCUT2D eigenvalue weighted by Gasteiger charge is 1.95. The average Bonchev–Trinajstić information content (AvgIpc) is 2.55. The van der Waals surface area contributed by atoms with Gasteiger partial charge in [-0.2, -0.15) is 23.1 Å². The Morgan fingerprint density at radius 1 is 1.00 bits per heavy atom. The van der Waals surface area contributed by atoms with Crippen LogP contribution in [0.5, 0.6) is 0 Å². The van der Waals surface area contributed by atoms with E-state index in [-0.39, 0.29) is 0 Å². The van der Waals surface area contributed by atoms with Gasteiger partial charge in [0.2, 0.25) is 0 Å². The molecule has 0 bridgehead atoms. The van der Waals surface area contributed by atoms with Crippen molar-refractivity contribution >= 4 is 23.1 Å². The van der Waals surface area contributed by atoms with Crippen molar-refractivity contribution < 1.29 is 0 Å². The second-order valence-corrected chi connectivity index (χ2v) is 3.45. The van der Waals surface area contributed by atoms with Crippen LogP contribution in [0.25, 0.3) is 0 Å². The number of hydrogen-bond acceptors (Lipinski definition) is 2. The summed E-state index contributed by atoms with van der Waals surface area (Å²) in [6, 6.07) is 4.04. The fourth-order valence-electron chi connectivity index (χ4n) is 0.227. The molecule has 44 valence electrons. The minimum Gasteiger partial charge on any atom is -0.160 e. The van der Waals surface area contributed by atoms with Crippen molar-refractivity contribution in [1.29, 1.82) is 0 Å². The third-order valence-corrected chi connectivity index (χ3v) is 1.67. The summed E-state index contributed by atoms with van der Waals surface area (Å²) in [6.07, 6.45) is 0. The van der Waals surface area contributed by atoms with Crippen molar-refractivity contribution in [3.05, 3.63) is 22.9 Å². The molecule has 1 aliphatic heterocycles. The highest BCUT2D eigenvalue weighted by Crippen LogP contribution is 2.14. The van der Waals surface area contributed by atoms with E-state index in [0.29, 0.717) is 0 Å². The fourth-order valence-corrected chi connectivity index (χ4v) is 0.680. The molecule has 1 aromatic rings. The average molecular weight is 144 g/mol. The highest BCUT2D eigenvalue weighted by atomic mass is 32.2. The standard InChI is InChI=1S/C4H4S.C2H4S/c1-2-4-5-3-1;1-2-3-1/h1-4H;1-2H2. The van der Waals surface area contributed by atoms with Crippen molar-refractivity contribution in [3.8, 4) is 0 Å². The molecule has 2 heterocycles. The summed E-state index contributed by atoms with van der Waals surface area (Å²) in [6.45, 7) is 0. The minimum absolute atomic E-state index is 1.42. The second-order valence-electron chi connectivity index (χ2n) is 1.41. The molecule has 0 saturated carbocycles. The lowest BCUT2D eigenvalue weighted by atomic mass is 10.7. The summed E-state index contributed by atoms with van der Waals surface area (Å²) >= 11 is 3.71. The van der Waals surface area contributed by atoms with Crippen LogP contribution in [0, 0.1) is 0 Å². The zero-order valence-electron chi connectivity index (χ0n) is 4.54. The van der Waals surface area contributed by atoms with Crippen LogP contribution in [0.3, 0.4) is 0 Å². The van der Waals surface area contributed by atoms with Gasteiger partial charge in [-0.3, -0.25) is 0 Å². The summed E-state index contributed by atoms with van der Waals surface area (Å²) in [5.41, 5.74) is 0. The van der Waals surface area contributed by atoms with Gasteiger partial charge >= 0.3 is 0 Å². The third-order valence-electron chi connectivity index (χ3n) is 0.630. The van der Waals surface area contributed by atoms with Crippen LogP contribution in [-0.2, 0) is 0 Å². The zero-order chi connectivity index (χ0) is 5.66. The molecule has 0 aromatic carbocycles. The Labute approximate surface area is 57.9 Å². The first-order chi connectivity index (χ1) is 4.00. The molecular formula is C6H8S2. The van der Waals surface area contributed by atoms with Gasteiger partial charge in [0.15, 0.2) is 0 Å². The van der Waals surface area contributed by atoms with Crippen molar-refractivity contribution in [2.24, 2.45) is 0 Å². The van der Waals surface area contributed by atoms with Gasteiger partial charge in [0.25, 0.3) is 0 Å². The van der Waals surface area contributed by atoms with Gasteiger partial charge in [-0.25, -0.2) is 0 Å². The molecule has 0 radical (unpaired) electrons. The van der Waals surface area contributed by atoms with Crippen LogP contribution >= 0.6 is 23.1 Å². The fraction of sp³-hybridized carbons (Fsp3) is 0.333. The first-order valence-corrected chi connectivity index (χ1v) is 4.65. The molecular weight excluding hydrogens is 136 g/mol. The lowest BCUT2D eigenvalue weighted by molar-refractivity contribution is 1.75. The monoisotopic (exact) mass is 144 g/mol. The molecule has 0 N–H and O–H groups in total. The van der Waals surface area contributed by atoms with Gasteiger partial charge in [0.05, 0.1) is 0 Å². The molecule has 1 aliphatic rings. The van der Waals surface area contributed by atoms with Crippen LogP contribution in [0.2, 0.25) is 0 Å². The molecule has 1 fully saturated rings. The van der Waals surface area contributed by atoms with Crippen LogP contribution in [0.1, 0.15) is 0 Å². The zero-order valence-corrected chi connectivity index (χ0v) is 6.17. The highest BCUT2D eigenvalue weighted by molar-refractivity contribution is 8.06. The molecule has 8 heavy (non-hydrogen) atoms. The van der Waals surface area contributed by atoms with Crippen LogP contribution in [-0.4, -0.2) is 11.5 Å². The second kappa shape index (κ2) is 3.98. The smallest absolute Gasteiger partial charge is 0.00238 e. The maximum atomic E-state index is 2.04. The normalized spacial score (nSPS) is 14.0. The van der Waals surface area contributed by atoms with E-state index < -0.39 is 0 Å². The number of rotatable bonds is 0. The summed E-state index contributed by atoms with van der Waals surface area (Å²) < 4.78 is 0. The van der Waals surface area contributed by atoms with Crippen molar-refractivity contribution in [3.63, 3.8) is 0 Å². The van der Waals surface area contributed by atoms with E-state index in [0.717, 1.165) is 0 Å². The van der Waals surface area contributed by atoms with E-state index >= 15 is 0 Å². The molecule has 1 aromatic heterocycles. The van der Waals surface area contributed by atoms with Crippen molar-refractivity contribution in [1.82, 2.24) is 0 Å². The van der Waals surface area contributed by atoms with E-state index in [1.807, 2.05) is 34.7 Å². The van der Waals surface area contributed by atoms with E-state index in [1.165, 1.54) is 11.5 Å². The summed E-state index contributed by atoms with van der Waals surface area (Å²) in [5, 5.41) is 4.08. The molecule has 2 heteroatoms. The first-order valence-electron chi connectivity index (χ1n) is 2.55. The number of thioether (sulfide) groups is 1. The Hall–Kier alpha value is 0.0500. The first kappa shape index (κ1) is 6.17. The predicted octanol–water partition coefficient (Wildman–Crippen LogP) is 2.48. The molecule has 0 spiro atoms. The Morgan fingerprint density at radius 2 is 1.50 bits per heavy atom. The SMILES string of the molecule is C1CS1.c1ccsc1. The minimum atomic E-state index is 1.42. The van der Waals surface area contributed by atoms with Gasteiger partial charge in [0, 0.05) is 11.5 Å². The van der Waals surface area contributed by atoms with Crippen LogP contribution in [0.4, 0.5) is 0 Å². The van der Waals surface area contributed by atoms with Crippen LogP contribution in [0.15, 0.2) is 22.9 Å². The largest absolute Gasteiger partial charge is 0.160 e. The van der Waals surface area contributed by atoms with Gasteiger partial charge in [0.1, 0.15) is 0 Å². The van der Waals surface area contributed by atoms with E-state index in [4.69, 9.17) is 0 Å². The van der Waals surface area contributed by atoms with Crippen molar-refractivity contribution in [2.75, 3.05) is 11.5 Å².